The predicted molar refractivity (Wildman–Crippen MR) is 64.6 cm³/mol. The summed E-state index contributed by atoms with van der Waals surface area (Å²) in [4.78, 5) is 0. The largest absolute Gasteiger partial charge is 0.251 e. The zero-order valence-electron chi connectivity index (χ0n) is 8.48. The summed E-state index contributed by atoms with van der Waals surface area (Å²) in [6.45, 7) is 3.51. The van der Waals surface area contributed by atoms with Gasteiger partial charge in [-0.2, -0.15) is 0 Å². The summed E-state index contributed by atoms with van der Waals surface area (Å²) in [5, 5.41) is 0. The maximum atomic E-state index is 2.35. The monoisotopic (exact) mass is 283 g/mol. The Morgan fingerprint density at radius 2 is 1.42 bits per heavy atom. The van der Waals surface area contributed by atoms with Crippen molar-refractivity contribution in [3.63, 3.8) is 0 Å². The van der Waals surface area contributed by atoms with Crippen molar-refractivity contribution in [1.82, 2.24) is 3.11 Å². The van der Waals surface area contributed by atoms with Crippen LogP contribution in [0.15, 0.2) is 0 Å². The fourth-order valence-electron chi connectivity index (χ4n) is 1.29. The van der Waals surface area contributed by atoms with E-state index in [4.69, 9.17) is 0 Å². The highest BCUT2D eigenvalue weighted by Gasteiger charge is 1.92. The molecule has 0 saturated carbocycles. The van der Waals surface area contributed by atoms with Crippen LogP contribution in [0.1, 0.15) is 51.9 Å². The van der Waals surface area contributed by atoms with Crippen LogP contribution in [0.2, 0.25) is 0 Å². The molecule has 0 fully saturated rings. The Kier molecular flexibility index (Phi) is 10.3. The van der Waals surface area contributed by atoms with Gasteiger partial charge in [0.1, 0.15) is 0 Å². The van der Waals surface area contributed by atoms with Crippen LogP contribution in [-0.2, 0) is 0 Å². The van der Waals surface area contributed by atoms with Gasteiger partial charge in [0, 0.05) is 29.4 Å². The lowest BCUT2D eigenvalue weighted by atomic mass is 10.1. The van der Waals surface area contributed by atoms with Crippen LogP contribution < -0.4 is 0 Å². The molecule has 0 N–H and O–H groups in total. The first-order valence-corrected chi connectivity index (χ1v) is 6.10. The van der Waals surface area contributed by atoms with E-state index >= 15 is 0 Å². The van der Waals surface area contributed by atoms with Gasteiger partial charge in [-0.25, -0.2) is 0 Å². The Labute approximate surface area is 91.4 Å². The summed E-state index contributed by atoms with van der Waals surface area (Å²) in [6, 6.07) is 0. The molecule has 0 rings (SSSR count). The molecule has 0 unspecified atom stereocenters. The average molecular weight is 283 g/mol. The number of nitrogens with zero attached hydrogens (tertiary/aromatic N) is 1. The Morgan fingerprint density at radius 3 is 1.92 bits per heavy atom. The summed E-state index contributed by atoms with van der Waals surface area (Å²) in [5.74, 6) is 0. The Balaban J connectivity index is 2.82. The number of halogens is 1. The van der Waals surface area contributed by atoms with E-state index in [1.165, 1.54) is 51.5 Å². The minimum Gasteiger partial charge on any atom is -0.251 e. The van der Waals surface area contributed by atoms with E-state index in [2.05, 4.69) is 39.9 Å². The van der Waals surface area contributed by atoms with Gasteiger partial charge in [-0.1, -0.05) is 45.4 Å². The summed E-state index contributed by atoms with van der Waals surface area (Å²) in [7, 11) is 2.14. The highest BCUT2D eigenvalue weighted by Crippen LogP contribution is 2.07. The maximum absolute atomic E-state index is 2.35. The number of rotatable bonds is 8. The van der Waals surface area contributed by atoms with Crippen molar-refractivity contribution in [2.75, 3.05) is 13.6 Å². The van der Waals surface area contributed by atoms with Gasteiger partial charge in [-0.15, -0.1) is 0 Å². The molecule has 0 spiro atoms. The molecule has 0 atom stereocenters. The standard InChI is InChI=1S/C10H22IN/c1-3-4-5-6-7-8-9-10-12(2)11/h3-10H2,1-2H3. The second-order valence-electron chi connectivity index (χ2n) is 3.45. The molecule has 0 amide bonds. The topological polar surface area (TPSA) is 3.24 Å². The smallest absolute Gasteiger partial charge is 0.0198 e. The van der Waals surface area contributed by atoms with Crippen LogP contribution in [0.3, 0.4) is 0 Å². The fourth-order valence-corrected chi connectivity index (χ4v) is 1.63. The molecule has 0 radical (unpaired) electrons. The lowest BCUT2D eigenvalue weighted by Crippen LogP contribution is -2.04. The molecule has 74 valence electrons. The van der Waals surface area contributed by atoms with Crippen LogP contribution in [0, 0.1) is 0 Å². The molecule has 0 aliphatic carbocycles. The Morgan fingerprint density at radius 1 is 0.917 bits per heavy atom. The zero-order chi connectivity index (χ0) is 9.23. The molecule has 0 aliphatic rings. The van der Waals surface area contributed by atoms with Crippen LogP contribution in [0.5, 0.6) is 0 Å². The van der Waals surface area contributed by atoms with Crippen molar-refractivity contribution in [3.8, 4) is 0 Å². The summed E-state index contributed by atoms with van der Waals surface area (Å²) >= 11 is 2.35. The number of hydrogen-bond acceptors (Lipinski definition) is 1. The first-order valence-electron chi connectivity index (χ1n) is 5.14. The first kappa shape index (κ1) is 12.7. The molecule has 0 bridgehead atoms. The molecule has 0 aliphatic heterocycles. The second kappa shape index (κ2) is 9.78. The molecule has 0 saturated heterocycles. The van der Waals surface area contributed by atoms with Gasteiger partial charge in [0.05, 0.1) is 0 Å². The average Bonchev–Trinajstić information content (AvgIpc) is 2.02. The fraction of sp³-hybridized carbons (Fsp3) is 1.00. The third-order valence-electron chi connectivity index (χ3n) is 2.07. The van der Waals surface area contributed by atoms with Crippen LogP contribution in [-0.4, -0.2) is 16.7 Å². The third kappa shape index (κ3) is 10.7. The van der Waals surface area contributed by atoms with Gasteiger partial charge >= 0.3 is 0 Å². The second-order valence-corrected chi connectivity index (χ2v) is 5.10. The molecule has 12 heavy (non-hydrogen) atoms. The highest BCUT2D eigenvalue weighted by molar-refractivity contribution is 14.1. The highest BCUT2D eigenvalue weighted by atomic mass is 127. The maximum Gasteiger partial charge on any atom is 0.0198 e. The Bertz CT molecular complexity index is 83.9. The van der Waals surface area contributed by atoms with Crippen molar-refractivity contribution in [2.45, 2.75) is 51.9 Å². The van der Waals surface area contributed by atoms with E-state index in [0.717, 1.165) is 0 Å². The minimum atomic E-state index is 1.24. The van der Waals surface area contributed by atoms with E-state index in [1.807, 2.05) is 0 Å². The van der Waals surface area contributed by atoms with Gasteiger partial charge in [0.2, 0.25) is 0 Å². The van der Waals surface area contributed by atoms with E-state index in [-0.39, 0.29) is 0 Å². The quantitative estimate of drug-likeness (QED) is 0.369. The molecule has 2 heteroatoms. The van der Waals surface area contributed by atoms with Crippen LogP contribution >= 0.6 is 22.9 Å². The minimum absolute atomic E-state index is 1.24. The van der Waals surface area contributed by atoms with Gasteiger partial charge in [0.15, 0.2) is 0 Å². The van der Waals surface area contributed by atoms with Crippen molar-refractivity contribution in [1.29, 1.82) is 0 Å². The van der Waals surface area contributed by atoms with Crippen molar-refractivity contribution >= 4 is 22.9 Å². The van der Waals surface area contributed by atoms with Gasteiger partial charge < -0.3 is 0 Å². The molecule has 0 aromatic carbocycles. The summed E-state index contributed by atoms with van der Waals surface area (Å²) < 4.78 is 2.24. The molecule has 1 nitrogen and oxygen atoms in total. The van der Waals surface area contributed by atoms with E-state index < -0.39 is 0 Å². The van der Waals surface area contributed by atoms with E-state index in [1.54, 1.807) is 0 Å². The molecular formula is C10H22IN. The SMILES string of the molecule is CCCCCCCCCN(C)I. The normalized spacial score (nSPS) is 11.0. The molecule has 0 aromatic heterocycles. The molecule has 0 aromatic rings. The van der Waals surface area contributed by atoms with E-state index in [9.17, 15) is 0 Å². The summed E-state index contributed by atoms with van der Waals surface area (Å²) in [6.07, 6.45) is 9.88. The number of hydrogen-bond donors (Lipinski definition) is 0. The van der Waals surface area contributed by atoms with Crippen molar-refractivity contribution in [3.05, 3.63) is 0 Å². The van der Waals surface area contributed by atoms with Crippen molar-refractivity contribution < 1.29 is 0 Å². The lowest BCUT2D eigenvalue weighted by molar-refractivity contribution is 0.527. The predicted octanol–water partition coefficient (Wildman–Crippen LogP) is 4.02. The number of unbranched alkanes of at least 4 members (excludes halogenated alkanes) is 6. The van der Waals surface area contributed by atoms with Crippen LogP contribution in [0.25, 0.3) is 0 Å². The first-order chi connectivity index (χ1) is 5.77. The van der Waals surface area contributed by atoms with Gasteiger partial charge in [-0.05, 0) is 13.5 Å². The zero-order valence-corrected chi connectivity index (χ0v) is 10.6. The van der Waals surface area contributed by atoms with Crippen molar-refractivity contribution in [2.24, 2.45) is 0 Å². The summed E-state index contributed by atoms with van der Waals surface area (Å²) in [5.41, 5.74) is 0. The van der Waals surface area contributed by atoms with Gasteiger partial charge in [0.25, 0.3) is 0 Å². The lowest BCUT2D eigenvalue weighted by Gasteiger charge is -2.06. The molecule has 0 heterocycles. The van der Waals surface area contributed by atoms with Gasteiger partial charge in [-0.3, -0.25) is 3.11 Å². The van der Waals surface area contributed by atoms with Crippen LogP contribution in [0.4, 0.5) is 0 Å². The Hall–Kier alpha value is 0.690. The third-order valence-corrected chi connectivity index (χ3v) is 2.55. The molecular weight excluding hydrogens is 261 g/mol. The van der Waals surface area contributed by atoms with E-state index in [0.29, 0.717) is 0 Å².